The van der Waals surface area contributed by atoms with Gasteiger partial charge in [-0.15, -0.1) is 11.3 Å². The summed E-state index contributed by atoms with van der Waals surface area (Å²) in [6.07, 6.45) is 0.408. The van der Waals surface area contributed by atoms with Crippen LogP contribution < -0.4 is 24.3 Å². The number of benzene rings is 3. The molecule has 0 radical (unpaired) electrons. The van der Waals surface area contributed by atoms with Crippen molar-refractivity contribution in [2.45, 2.75) is 20.0 Å². The molecule has 1 aliphatic heterocycles. The monoisotopic (exact) mass is 603 g/mol. The summed E-state index contributed by atoms with van der Waals surface area (Å²) in [5.74, 6) is 0.484. The minimum atomic E-state index is -0.724. The molecule has 222 valence electrons. The maximum absolute atomic E-state index is 12.7. The summed E-state index contributed by atoms with van der Waals surface area (Å²) in [6, 6.07) is 22.2. The molecule has 1 aromatic heterocycles. The molecule has 0 unspecified atom stereocenters. The standard InChI is InChI=1S/C32H29NO9S/c1-20-25(14-22-8-13-26-27(15-22)42-19-41-26)30(32(36)37-2)31(43-20)33-28(34)17-40-29(35)18-39-24-11-9-23(10-12-24)38-16-21-6-4-3-5-7-21/h3-13,15H,14,16-19H2,1-2H3,(H,33,34). The van der Waals surface area contributed by atoms with E-state index in [0.717, 1.165) is 16.0 Å². The first-order chi connectivity index (χ1) is 20.9. The number of carbonyl (C=O) groups excluding carboxylic acids is 3. The second kappa shape index (κ2) is 13.8. The summed E-state index contributed by atoms with van der Waals surface area (Å²) in [5.41, 5.74) is 2.92. The van der Waals surface area contributed by atoms with Crippen molar-refractivity contribution in [2.24, 2.45) is 0 Å². The minimum Gasteiger partial charge on any atom is -0.489 e. The van der Waals surface area contributed by atoms with Crippen molar-refractivity contribution >= 4 is 34.2 Å². The summed E-state index contributed by atoms with van der Waals surface area (Å²) in [4.78, 5) is 38.4. The summed E-state index contributed by atoms with van der Waals surface area (Å²) in [5, 5.41) is 2.99. The van der Waals surface area contributed by atoms with E-state index < -0.39 is 24.5 Å². The van der Waals surface area contributed by atoms with Gasteiger partial charge in [0.25, 0.3) is 5.91 Å². The van der Waals surface area contributed by atoms with Crippen LogP contribution in [0.15, 0.2) is 72.8 Å². The number of fused-ring (bicyclic) bond motifs is 1. The topological polar surface area (TPSA) is 119 Å². The Morgan fingerprint density at radius 1 is 0.860 bits per heavy atom. The number of hydrogen-bond donors (Lipinski definition) is 1. The Labute approximate surface area is 252 Å². The van der Waals surface area contributed by atoms with E-state index in [0.29, 0.717) is 46.6 Å². The van der Waals surface area contributed by atoms with E-state index in [2.05, 4.69) is 5.32 Å². The Morgan fingerprint density at radius 2 is 1.58 bits per heavy atom. The molecule has 0 spiro atoms. The van der Waals surface area contributed by atoms with Crippen LogP contribution in [0.5, 0.6) is 23.0 Å². The van der Waals surface area contributed by atoms with Gasteiger partial charge in [0.2, 0.25) is 6.79 Å². The molecule has 3 aromatic carbocycles. The predicted molar refractivity (Wildman–Crippen MR) is 158 cm³/mol. The number of esters is 2. The Kier molecular flexibility index (Phi) is 9.42. The number of amides is 1. The molecule has 0 saturated carbocycles. The Bertz CT molecular complexity index is 1600. The molecule has 4 aromatic rings. The van der Waals surface area contributed by atoms with E-state index in [1.807, 2.05) is 55.5 Å². The van der Waals surface area contributed by atoms with E-state index in [9.17, 15) is 14.4 Å². The second-order valence-corrected chi connectivity index (χ2v) is 10.7. The molecule has 2 heterocycles. The van der Waals surface area contributed by atoms with Crippen LogP contribution >= 0.6 is 11.3 Å². The maximum atomic E-state index is 12.7. The third-order valence-corrected chi connectivity index (χ3v) is 7.53. The first-order valence-corrected chi connectivity index (χ1v) is 14.2. The Hall–Kier alpha value is -5.03. The molecule has 1 N–H and O–H groups in total. The number of hydrogen-bond acceptors (Lipinski definition) is 10. The van der Waals surface area contributed by atoms with Crippen LogP contribution in [0.3, 0.4) is 0 Å². The lowest BCUT2D eigenvalue weighted by Crippen LogP contribution is -2.24. The highest BCUT2D eigenvalue weighted by molar-refractivity contribution is 7.16. The van der Waals surface area contributed by atoms with Crippen molar-refractivity contribution in [2.75, 3.05) is 32.4 Å². The van der Waals surface area contributed by atoms with E-state index in [1.54, 1.807) is 24.3 Å². The number of anilines is 1. The van der Waals surface area contributed by atoms with Crippen molar-refractivity contribution in [3.8, 4) is 23.0 Å². The molecule has 10 nitrogen and oxygen atoms in total. The SMILES string of the molecule is COC(=O)c1c(NC(=O)COC(=O)COc2ccc(OCc3ccccc3)cc2)sc(C)c1Cc1ccc2c(c1)OCO2. The van der Waals surface area contributed by atoms with Crippen LogP contribution in [-0.2, 0) is 32.1 Å². The van der Waals surface area contributed by atoms with E-state index in [-0.39, 0.29) is 19.0 Å². The fourth-order valence-corrected chi connectivity index (χ4v) is 5.40. The Morgan fingerprint density at radius 3 is 2.33 bits per heavy atom. The average Bonchev–Trinajstić information content (AvgIpc) is 3.62. The summed E-state index contributed by atoms with van der Waals surface area (Å²) in [6.45, 7) is 1.51. The van der Waals surface area contributed by atoms with E-state index >= 15 is 0 Å². The van der Waals surface area contributed by atoms with Crippen LogP contribution in [0, 0.1) is 6.92 Å². The zero-order valence-electron chi connectivity index (χ0n) is 23.5. The summed E-state index contributed by atoms with van der Waals surface area (Å²) < 4.78 is 32.1. The predicted octanol–water partition coefficient (Wildman–Crippen LogP) is 5.30. The second-order valence-electron chi connectivity index (χ2n) is 9.44. The van der Waals surface area contributed by atoms with Crippen molar-refractivity contribution < 1.29 is 42.8 Å². The van der Waals surface area contributed by atoms with Crippen LogP contribution in [0.25, 0.3) is 0 Å². The number of rotatable bonds is 12. The first kappa shape index (κ1) is 29.5. The van der Waals surface area contributed by atoms with E-state index in [4.69, 9.17) is 28.4 Å². The van der Waals surface area contributed by atoms with Crippen molar-refractivity contribution in [3.05, 3.63) is 99.9 Å². The van der Waals surface area contributed by atoms with Crippen molar-refractivity contribution in [3.63, 3.8) is 0 Å². The lowest BCUT2D eigenvalue weighted by atomic mass is 10.0. The van der Waals surface area contributed by atoms with Gasteiger partial charge in [0.05, 0.1) is 12.7 Å². The fraction of sp³-hybridized carbons (Fsp3) is 0.219. The molecule has 1 amide bonds. The van der Waals surface area contributed by atoms with Gasteiger partial charge in [-0.3, -0.25) is 4.79 Å². The first-order valence-electron chi connectivity index (χ1n) is 13.3. The van der Waals surface area contributed by atoms with Crippen LogP contribution in [0.1, 0.15) is 31.9 Å². The quantitative estimate of drug-likeness (QED) is 0.215. The largest absolute Gasteiger partial charge is 0.489 e. The van der Waals surface area contributed by atoms with Gasteiger partial charge in [-0.25, -0.2) is 9.59 Å². The lowest BCUT2D eigenvalue weighted by Gasteiger charge is -2.10. The smallest absolute Gasteiger partial charge is 0.344 e. The van der Waals surface area contributed by atoms with Gasteiger partial charge in [0, 0.05) is 4.88 Å². The highest BCUT2D eigenvalue weighted by Crippen LogP contribution is 2.37. The molecule has 1 aliphatic rings. The highest BCUT2D eigenvalue weighted by Gasteiger charge is 2.25. The average molecular weight is 604 g/mol. The third-order valence-electron chi connectivity index (χ3n) is 6.46. The molecule has 0 saturated heterocycles. The minimum absolute atomic E-state index is 0.161. The summed E-state index contributed by atoms with van der Waals surface area (Å²) in [7, 11) is 1.28. The maximum Gasteiger partial charge on any atom is 0.344 e. The molecule has 43 heavy (non-hydrogen) atoms. The van der Waals surface area contributed by atoms with Crippen LogP contribution in [0.2, 0.25) is 0 Å². The Balaban J connectivity index is 1.12. The normalized spacial score (nSPS) is 11.5. The summed E-state index contributed by atoms with van der Waals surface area (Å²) >= 11 is 1.24. The van der Waals surface area contributed by atoms with Gasteiger partial charge in [-0.05, 0) is 66.4 Å². The van der Waals surface area contributed by atoms with Gasteiger partial charge >= 0.3 is 11.9 Å². The van der Waals surface area contributed by atoms with Gasteiger partial charge in [0.1, 0.15) is 23.1 Å². The van der Waals surface area contributed by atoms with E-state index in [1.165, 1.54) is 18.4 Å². The molecular formula is C32H29NO9S. The number of ether oxygens (including phenoxy) is 6. The van der Waals surface area contributed by atoms with Crippen molar-refractivity contribution in [1.29, 1.82) is 0 Å². The zero-order valence-corrected chi connectivity index (χ0v) is 24.4. The number of carbonyl (C=O) groups is 3. The van der Waals surface area contributed by atoms with Crippen molar-refractivity contribution in [1.82, 2.24) is 0 Å². The molecule has 0 fully saturated rings. The molecule has 5 rings (SSSR count). The van der Waals surface area contributed by atoms with Crippen LogP contribution in [0.4, 0.5) is 5.00 Å². The number of thiophene rings is 1. The third kappa shape index (κ3) is 7.63. The number of aryl methyl sites for hydroxylation is 1. The van der Waals surface area contributed by atoms with Gasteiger partial charge < -0.3 is 33.7 Å². The highest BCUT2D eigenvalue weighted by atomic mass is 32.1. The van der Waals surface area contributed by atoms with Gasteiger partial charge in [-0.2, -0.15) is 0 Å². The zero-order chi connectivity index (χ0) is 30.2. The van der Waals surface area contributed by atoms with Gasteiger partial charge in [-0.1, -0.05) is 36.4 Å². The lowest BCUT2D eigenvalue weighted by molar-refractivity contribution is -0.149. The number of nitrogens with one attached hydrogen (secondary N) is 1. The van der Waals surface area contributed by atoms with Crippen LogP contribution in [-0.4, -0.2) is 45.0 Å². The molecule has 0 aliphatic carbocycles. The molecule has 0 bridgehead atoms. The fourth-order valence-electron chi connectivity index (χ4n) is 4.32. The van der Waals surface area contributed by atoms with Gasteiger partial charge in [0.15, 0.2) is 24.7 Å². The number of methoxy groups -OCH3 is 1. The molecule has 11 heteroatoms. The molecular weight excluding hydrogens is 574 g/mol. The molecule has 0 atom stereocenters.